The SMILES string of the molecule is CC1(C)CCCCC1Nc1ncc(N)cc1Br. The molecule has 0 saturated heterocycles. The molecule has 94 valence electrons. The van der Waals surface area contributed by atoms with E-state index < -0.39 is 0 Å². The Morgan fingerprint density at radius 3 is 2.88 bits per heavy atom. The second-order valence-corrected chi connectivity index (χ2v) is 6.38. The number of hydrogen-bond acceptors (Lipinski definition) is 3. The maximum absolute atomic E-state index is 5.69. The third kappa shape index (κ3) is 2.92. The molecular formula is C13H20BrN3. The first-order valence-electron chi connectivity index (χ1n) is 6.16. The Morgan fingerprint density at radius 2 is 2.24 bits per heavy atom. The van der Waals surface area contributed by atoms with Gasteiger partial charge in [-0.15, -0.1) is 0 Å². The summed E-state index contributed by atoms with van der Waals surface area (Å²) < 4.78 is 0.943. The number of rotatable bonds is 2. The van der Waals surface area contributed by atoms with Gasteiger partial charge in [-0.2, -0.15) is 0 Å². The molecule has 1 aliphatic carbocycles. The molecule has 4 heteroatoms. The van der Waals surface area contributed by atoms with Crippen molar-refractivity contribution in [1.82, 2.24) is 4.98 Å². The lowest BCUT2D eigenvalue weighted by Gasteiger charge is -2.39. The van der Waals surface area contributed by atoms with Gasteiger partial charge < -0.3 is 11.1 Å². The van der Waals surface area contributed by atoms with Crippen LogP contribution >= 0.6 is 15.9 Å². The highest BCUT2D eigenvalue weighted by Gasteiger charge is 2.32. The van der Waals surface area contributed by atoms with Crippen LogP contribution in [0.15, 0.2) is 16.7 Å². The maximum atomic E-state index is 5.69. The van der Waals surface area contributed by atoms with Gasteiger partial charge in [-0.25, -0.2) is 4.98 Å². The molecule has 0 spiro atoms. The van der Waals surface area contributed by atoms with E-state index in [-0.39, 0.29) is 0 Å². The molecule has 1 unspecified atom stereocenters. The van der Waals surface area contributed by atoms with Gasteiger partial charge in [-0.1, -0.05) is 26.7 Å². The molecule has 3 N–H and O–H groups in total. The van der Waals surface area contributed by atoms with Crippen molar-refractivity contribution < 1.29 is 0 Å². The van der Waals surface area contributed by atoms with Crippen molar-refractivity contribution in [3.05, 3.63) is 16.7 Å². The van der Waals surface area contributed by atoms with Gasteiger partial charge in [0.1, 0.15) is 5.82 Å². The van der Waals surface area contributed by atoms with Gasteiger partial charge in [0.05, 0.1) is 16.4 Å². The van der Waals surface area contributed by atoms with Crippen LogP contribution in [-0.4, -0.2) is 11.0 Å². The van der Waals surface area contributed by atoms with Crippen LogP contribution < -0.4 is 11.1 Å². The fraction of sp³-hybridized carbons (Fsp3) is 0.615. The van der Waals surface area contributed by atoms with E-state index in [0.29, 0.717) is 17.1 Å². The molecule has 1 aromatic heterocycles. The number of nitrogens with one attached hydrogen (secondary N) is 1. The van der Waals surface area contributed by atoms with Gasteiger partial charge in [0, 0.05) is 6.04 Å². The fourth-order valence-electron chi connectivity index (χ4n) is 2.49. The molecule has 0 aromatic carbocycles. The summed E-state index contributed by atoms with van der Waals surface area (Å²) in [6.45, 7) is 4.66. The highest BCUT2D eigenvalue weighted by atomic mass is 79.9. The fourth-order valence-corrected chi connectivity index (χ4v) is 2.97. The largest absolute Gasteiger partial charge is 0.397 e. The first-order valence-corrected chi connectivity index (χ1v) is 6.96. The number of nitrogens with two attached hydrogens (primary N) is 1. The molecule has 1 heterocycles. The van der Waals surface area contributed by atoms with Crippen LogP contribution in [-0.2, 0) is 0 Å². The first-order chi connectivity index (χ1) is 7.99. The Morgan fingerprint density at radius 1 is 1.47 bits per heavy atom. The molecule has 0 radical (unpaired) electrons. The zero-order valence-electron chi connectivity index (χ0n) is 10.5. The third-order valence-electron chi connectivity index (χ3n) is 3.68. The second kappa shape index (κ2) is 4.84. The van der Waals surface area contributed by atoms with Crippen LogP contribution in [0, 0.1) is 5.41 Å². The van der Waals surface area contributed by atoms with Gasteiger partial charge in [0.2, 0.25) is 0 Å². The minimum absolute atomic E-state index is 0.334. The summed E-state index contributed by atoms with van der Waals surface area (Å²) in [7, 11) is 0. The summed E-state index contributed by atoms with van der Waals surface area (Å²) in [6.07, 6.45) is 6.82. The predicted molar refractivity (Wildman–Crippen MR) is 76.0 cm³/mol. The zero-order chi connectivity index (χ0) is 12.5. The molecule has 1 saturated carbocycles. The van der Waals surface area contributed by atoms with Gasteiger partial charge in [-0.05, 0) is 40.3 Å². The lowest BCUT2D eigenvalue weighted by atomic mass is 9.73. The van der Waals surface area contributed by atoms with E-state index in [4.69, 9.17) is 5.73 Å². The summed E-state index contributed by atoms with van der Waals surface area (Å²) in [5.74, 6) is 0.902. The van der Waals surface area contributed by atoms with Crippen LogP contribution in [0.1, 0.15) is 39.5 Å². The molecule has 3 nitrogen and oxygen atoms in total. The summed E-state index contributed by atoms with van der Waals surface area (Å²) in [5, 5.41) is 3.55. The van der Waals surface area contributed by atoms with Gasteiger partial charge in [-0.3, -0.25) is 0 Å². The van der Waals surface area contributed by atoms with Gasteiger partial charge in [0.25, 0.3) is 0 Å². The van der Waals surface area contributed by atoms with E-state index in [1.54, 1.807) is 6.20 Å². The molecular weight excluding hydrogens is 278 g/mol. The minimum atomic E-state index is 0.334. The monoisotopic (exact) mass is 297 g/mol. The quantitative estimate of drug-likeness (QED) is 0.873. The Bertz CT molecular complexity index is 404. The van der Waals surface area contributed by atoms with Crippen LogP contribution in [0.25, 0.3) is 0 Å². The van der Waals surface area contributed by atoms with Crippen LogP contribution in [0.5, 0.6) is 0 Å². The third-order valence-corrected chi connectivity index (χ3v) is 4.29. The van der Waals surface area contributed by atoms with Gasteiger partial charge >= 0.3 is 0 Å². The van der Waals surface area contributed by atoms with Crippen molar-refractivity contribution in [2.45, 2.75) is 45.6 Å². The molecule has 0 aliphatic heterocycles. The van der Waals surface area contributed by atoms with Crippen LogP contribution in [0.3, 0.4) is 0 Å². The lowest BCUT2D eigenvalue weighted by molar-refractivity contribution is 0.216. The minimum Gasteiger partial charge on any atom is -0.397 e. The highest BCUT2D eigenvalue weighted by Crippen LogP contribution is 2.38. The molecule has 17 heavy (non-hydrogen) atoms. The Labute approximate surface area is 111 Å². The molecule has 2 rings (SSSR count). The van der Waals surface area contributed by atoms with Crippen molar-refractivity contribution in [3.63, 3.8) is 0 Å². The number of nitrogen functional groups attached to an aromatic ring is 1. The van der Waals surface area contributed by atoms with E-state index in [0.717, 1.165) is 10.3 Å². The molecule has 1 aromatic rings. The van der Waals surface area contributed by atoms with E-state index in [1.165, 1.54) is 25.7 Å². The number of hydrogen-bond donors (Lipinski definition) is 2. The lowest BCUT2D eigenvalue weighted by Crippen LogP contribution is -2.39. The smallest absolute Gasteiger partial charge is 0.140 e. The average Bonchev–Trinajstić information content (AvgIpc) is 2.24. The summed E-state index contributed by atoms with van der Waals surface area (Å²) >= 11 is 3.51. The van der Waals surface area contributed by atoms with Gasteiger partial charge in [0.15, 0.2) is 0 Å². The van der Waals surface area contributed by atoms with Crippen molar-refractivity contribution in [2.75, 3.05) is 11.1 Å². The number of pyridine rings is 1. The number of anilines is 2. The maximum Gasteiger partial charge on any atom is 0.140 e. The number of aromatic nitrogens is 1. The standard InChI is InChI=1S/C13H20BrN3/c1-13(2)6-4-3-5-11(13)17-12-10(14)7-9(15)8-16-12/h7-8,11H,3-6,15H2,1-2H3,(H,16,17). The van der Waals surface area contributed by atoms with E-state index in [2.05, 4.69) is 40.1 Å². The molecule has 0 amide bonds. The molecule has 1 aliphatic rings. The van der Waals surface area contributed by atoms with E-state index in [9.17, 15) is 0 Å². The Kier molecular flexibility index (Phi) is 3.61. The highest BCUT2D eigenvalue weighted by molar-refractivity contribution is 9.10. The van der Waals surface area contributed by atoms with E-state index >= 15 is 0 Å². The van der Waals surface area contributed by atoms with Crippen molar-refractivity contribution in [1.29, 1.82) is 0 Å². The first kappa shape index (κ1) is 12.7. The topological polar surface area (TPSA) is 50.9 Å². The van der Waals surface area contributed by atoms with Crippen LogP contribution in [0.2, 0.25) is 0 Å². The summed E-state index contributed by atoms with van der Waals surface area (Å²) in [6, 6.07) is 2.38. The summed E-state index contributed by atoms with van der Waals surface area (Å²) in [4.78, 5) is 4.35. The van der Waals surface area contributed by atoms with E-state index in [1.807, 2.05) is 6.07 Å². The van der Waals surface area contributed by atoms with Crippen molar-refractivity contribution >= 4 is 27.4 Å². The van der Waals surface area contributed by atoms with Crippen molar-refractivity contribution in [3.8, 4) is 0 Å². The number of halogens is 1. The molecule has 0 bridgehead atoms. The second-order valence-electron chi connectivity index (χ2n) is 5.53. The predicted octanol–water partition coefficient (Wildman–Crippen LogP) is 3.81. The van der Waals surface area contributed by atoms with Crippen LogP contribution in [0.4, 0.5) is 11.5 Å². The normalized spacial score (nSPS) is 23.4. The zero-order valence-corrected chi connectivity index (χ0v) is 12.0. The Balaban J connectivity index is 2.14. The summed E-state index contributed by atoms with van der Waals surface area (Å²) in [5.41, 5.74) is 6.71. The molecule has 1 fully saturated rings. The van der Waals surface area contributed by atoms with Crippen molar-refractivity contribution in [2.24, 2.45) is 5.41 Å². The molecule has 1 atom stereocenters. The average molecular weight is 298 g/mol. The number of nitrogens with zero attached hydrogens (tertiary/aromatic N) is 1. The Hall–Kier alpha value is -0.770.